The van der Waals surface area contributed by atoms with E-state index in [0.29, 0.717) is 24.2 Å². The van der Waals surface area contributed by atoms with Crippen molar-refractivity contribution in [3.8, 4) is 0 Å². The third-order valence-electron chi connectivity index (χ3n) is 5.80. The van der Waals surface area contributed by atoms with E-state index < -0.39 is 13.7 Å². The van der Waals surface area contributed by atoms with Gasteiger partial charge in [0.25, 0.3) is 0 Å². The Balaban J connectivity index is 3.11. The van der Waals surface area contributed by atoms with Crippen LogP contribution in [0.5, 0.6) is 0 Å². The molecular weight excluding hydrogens is 354 g/mol. The second-order valence-electron chi connectivity index (χ2n) is 8.34. The molecule has 27 heavy (non-hydrogen) atoms. The van der Waals surface area contributed by atoms with Crippen molar-refractivity contribution >= 4 is 26.0 Å². The normalized spacial score (nSPS) is 13.1. The van der Waals surface area contributed by atoms with Gasteiger partial charge in [-0.1, -0.05) is 38.9 Å². The van der Waals surface area contributed by atoms with Gasteiger partial charge in [-0.15, -0.1) is 0 Å². The molecule has 0 aliphatic carbocycles. The van der Waals surface area contributed by atoms with Crippen molar-refractivity contribution in [2.75, 3.05) is 11.4 Å². The van der Waals surface area contributed by atoms with Crippen LogP contribution in [0.1, 0.15) is 65.2 Å². The SMILES string of the molecule is CC[Si](CC)(CC)C(C)N(CCC(=O)OC(C)(C)C)c1ccc(C=O)cc1. The van der Waals surface area contributed by atoms with Gasteiger partial charge in [-0.2, -0.15) is 0 Å². The Bertz CT molecular complexity index is 595. The molecule has 0 aromatic heterocycles. The first-order valence-electron chi connectivity index (χ1n) is 10.2. The highest BCUT2D eigenvalue weighted by Crippen LogP contribution is 2.31. The Morgan fingerprint density at radius 2 is 1.63 bits per heavy atom. The van der Waals surface area contributed by atoms with Crippen LogP contribution in [0, 0.1) is 0 Å². The first-order valence-corrected chi connectivity index (χ1v) is 12.9. The molecule has 1 aromatic rings. The molecule has 0 bridgehead atoms. The van der Waals surface area contributed by atoms with E-state index in [2.05, 4.69) is 32.6 Å². The lowest BCUT2D eigenvalue weighted by molar-refractivity contribution is -0.154. The third-order valence-corrected chi connectivity index (χ3v) is 12.1. The van der Waals surface area contributed by atoms with Gasteiger partial charge in [-0.25, -0.2) is 0 Å². The van der Waals surface area contributed by atoms with Crippen molar-refractivity contribution in [1.29, 1.82) is 0 Å². The molecule has 0 saturated heterocycles. The molecule has 1 aromatic carbocycles. The van der Waals surface area contributed by atoms with Crippen molar-refractivity contribution < 1.29 is 14.3 Å². The molecule has 0 saturated carbocycles. The minimum Gasteiger partial charge on any atom is -0.460 e. The molecule has 4 nitrogen and oxygen atoms in total. The number of anilines is 1. The summed E-state index contributed by atoms with van der Waals surface area (Å²) in [7, 11) is -1.50. The van der Waals surface area contributed by atoms with Crippen molar-refractivity contribution in [2.24, 2.45) is 0 Å². The molecule has 0 fully saturated rings. The van der Waals surface area contributed by atoms with E-state index in [0.717, 1.165) is 12.0 Å². The van der Waals surface area contributed by atoms with Crippen LogP contribution >= 0.6 is 0 Å². The fourth-order valence-corrected chi connectivity index (χ4v) is 8.07. The number of ether oxygens (including phenoxy) is 1. The van der Waals surface area contributed by atoms with Gasteiger partial charge in [0, 0.05) is 23.5 Å². The molecule has 5 heteroatoms. The van der Waals surface area contributed by atoms with Gasteiger partial charge in [0.2, 0.25) is 0 Å². The molecular formula is C22H37NO3Si. The second-order valence-corrected chi connectivity index (χ2v) is 14.0. The number of hydrogen-bond acceptors (Lipinski definition) is 4. The van der Waals surface area contributed by atoms with Crippen molar-refractivity contribution in [3.05, 3.63) is 29.8 Å². The van der Waals surface area contributed by atoms with Crippen molar-refractivity contribution in [1.82, 2.24) is 0 Å². The quantitative estimate of drug-likeness (QED) is 0.301. The standard InChI is InChI=1S/C22H37NO3Si/c1-8-27(9-2,10-3)18(4)23(16-15-21(25)26-22(5,6)7)20-13-11-19(17-24)12-14-20/h11-14,17-18H,8-10,15-16H2,1-7H3. The van der Waals surface area contributed by atoms with E-state index in [1.54, 1.807) is 0 Å². The van der Waals surface area contributed by atoms with Crippen LogP contribution < -0.4 is 4.90 Å². The lowest BCUT2D eigenvalue weighted by Gasteiger charge is -2.43. The summed E-state index contributed by atoms with van der Waals surface area (Å²) in [5.74, 6) is -0.166. The number of carbonyl (C=O) groups excluding carboxylic acids is 2. The Morgan fingerprint density at radius 1 is 1.11 bits per heavy atom. The minimum atomic E-state index is -1.50. The lowest BCUT2D eigenvalue weighted by atomic mass is 10.2. The third kappa shape index (κ3) is 6.49. The summed E-state index contributed by atoms with van der Waals surface area (Å²) in [5, 5.41) is 0. The Kier molecular flexibility index (Phi) is 8.73. The van der Waals surface area contributed by atoms with Gasteiger partial charge in [-0.3, -0.25) is 9.59 Å². The summed E-state index contributed by atoms with van der Waals surface area (Å²) in [6.45, 7) is 15.5. The highest BCUT2D eigenvalue weighted by molar-refractivity contribution is 6.81. The first-order chi connectivity index (χ1) is 12.6. The van der Waals surface area contributed by atoms with Crippen molar-refractivity contribution in [3.63, 3.8) is 0 Å². The maximum atomic E-state index is 12.3. The molecule has 1 rings (SSSR count). The van der Waals surface area contributed by atoms with Gasteiger partial charge < -0.3 is 9.64 Å². The summed E-state index contributed by atoms with van der Waals surface area (Å²) in [6.07, 6.45) is 1.22. The summed E-state index contributed by atoms with van der Waals surface area (Å²) < 4.78 is 5.50. The highest BCUT2D eigenvalue weighted by atomic mass is 28.3. The number of rotatable bonds is 10. The molecule has 0 aliphatic rings. The first kappa shape index (κ1) is 23.4. The van der Waals surface area contributed by atoms with Gasteiger partial charge in [0.05, 0.1) is 14.5 Å². The Labute approximate surface area is 166 Å². The molecule has 152 valence electrons. The van der Waals surface area contributed by atoms with E-state index in [9.17, 15) is 9.59 Å². The summed E-state index contributed by atoms with van der Waals surface area (Å²) in [5.41, 5.74) is 1.68. The average Bonchev–Trinajstić information content (AvgIpc) is 2.63. The zero-order valence-electron chi connectivity index (χ0n) is 18.2. The number of nitrogens with zero attached hydrogens (tertiary/aromatic N) is 1. The Morgan fingerprint density at radius 3 is 2.04 bits per heavy atom. The van der Waals surface area contributed by atoms with Gasteiger partial charge in [0.1, 0.15) is 11.9 Å². The maximum absolute atomic E-state index is 12.3. The zero-order chi connectivity index (χ0) is 20.7. The highest BCUT2D eigenvalue weighted by Gasteiger charge is 2.37. The summed E-state index contributed by atoms with van der Waals surface area (Å²) in [6, 6.07) is 11.3. The van der Waals surface area contributed by atoms with Crippen LogP contribution in [-0.2, 0) is 9.53 Å². The fourth-order valence-electron chi connectivity index (χ4n) is 3.86. The van der Waals surface area contributed by atoms with Gasteiger partial charge >= 0.3 is 5.97 Å². The monoisotopic (exact) mass is 391 g/mol. The van der Waals surface area contributed by atoms with E-state index >= 15 is 0 Å². The smallest absolute Gasteiger partial charge is 0.308 e. The molecule has 0 radical (unpaired) electrons. The van der Waals surface area contributed by atoms with E-state index in [1.165, 1.54) is 18.1 Å². The largest absolute Gasteiger partial charge is 0.460 e. The average molecular weight is 392 g/mol. The lowest BCUT2D eigenvalue weighted by Crippen LogP contribution is -2.54. The van der Waals surface area contributed by atoms with Gasteiger partial charge in [-0.05, 0) is 52.0 Å². The van der Waals surface area contributed by atoms with Crippen LogP contribution in [0.4, 0.5) is 5.69 Å². The molecule has 0 amide bonds. The molecule has 1 atom stereocenters. The van der Waals surface area contributed by atoms with Crippen LogP contribution in [0.2, 0.25) is 18.1 Å². The van der Waals surface area contributed by atoms with Crippen LogP contribution in [-0.4, -0.2) is 38.1 Å². The fraction of sp³-hybridized carbons (Fsp3) is 0.636. The number of carbonyl (C=O) groups is 2. The molecule has 1 unspecified atom stereocenters. The van der Waals surface area contributed by atoms with Gasteiger partial charge in [0.15, 0.2) is 0 Å². The van der Waals surface area contributed by atoms with Crippen LogP contribution in [0.25, 0.3) is 0 Å². The number of esters is 1. The van der Waals surface area contributed by atoms with Crippen LogP contribution in [0.15, 0.2) is 24.3 Å². The second kappa shape index (κ2) is 10.1. The molecule has 0 N–H and O–H groups in total. The molecule has 0 heterocycles. The topological polar surface area (TPSA) is 46.6 Å². The number of hydrogen-bond donors (Lipinski definition) is 0. The predicted octanol–water partition coefficient (Wildman–Crippen LogP) is 5.47. The van der Waals surface area contributed by atoms with Crippen molar-refractivity contribution in [2.45, 2.75) is 84.3 Å². The van der Waals surface area contributed by atoms with Crippen LogP contribution in [0.3, 0.4) is 0 Å². The summed E-state index contributed by atoms with van der Waals surface area (Å²) >= 11 is 0. The molecule has 0 aliphatic heterocycles. The zero-order valence-corrected chi connectivity index (χ0v) is 19.2. The van der Waals surface area contributed by atoms with E-state index in [1.807, 2.05) is 45.0 Å². The van der Waals surface area contributed by atoms with E-state index in [-0.39, 0.29) is 5.97 Å². The Hall–Kier alpha value is -1.62. The minimum absolute atomic E-state index is 0.166. The maximum Gasteiger partial charge on any atom is 0.308 e. The summed E-state index contributed by atoms with van der Waals surface area (Å²) in [4.78, 5) is 25.7. The number of aldehydes is 1. The number of benzene rings is 1. The van der Waals surface area contributed by atoms with E-state index in [4.69, 9.17) is 4.74 Å². The molecule has 0 spiro atoms. The predicted molar refractivity (Wildman–Crippen MR) is 116 cm³/mol.